The zero-order chi connectivity index (χ0) is 16.7. The van der Waals surface area contributed by atoms with Gasteiger partial charge in [-0.3, -0.25) is 9.59 Å². The predicted molar refractivity (Wildman–Crippen MR) is 89.2 cm³/mol. The molecule has 1 aliphatic carbocycles. The van der Waals surface area contributed by atoms with E-state index >= 15 is 0 Å². The number of ether oxygens (including phenoxy) is 1. The summed E-state index contributed by atoms with van der Waals surface area (Å²) in [6.45, 7) is 0.192. The number of rotatable bonds is 5. The van der Waals surface area contributed by atoms with E-state index in [0.717, 1.165) is 31.2 Å². The molecule has 126 valence electrons. The van der Waals surface area contributed by atoms with Crippen LogP contribution in [-0.4, -0.2) is 31.5 Å². The third-order valence-corrected chi connectivity index (χ3v) is 4.48. The summed E-state index contributed by atoms with van der Waals surface area (Å²) in [6.07, 6.45) is 4.90. The van der Waals surface area contributed by atoms with Gasteiger partial charge >= 0.3 is 11.8 Å². The lowest BCUT2D eigenvalue weighted by Crippen LogP contribution is -2.46. The van der Waals surface area contributed by atoms with Gasteiger partial charge in [0, 0.05) is 30.3 Å². The van der Waals surface area contributed by atoms with E-state index in [2.05, 4.69) is 10.6 Å². The van der Waals surface area contributed by atoms with E-state index in [1.807, 2.05) is 18.2 Å². The van der Waals surface area contributed by atoms with Crippen LogP contribution in [0.5, 0.6) is 0 Å². The molecule has 2 N–H and O–H groups in total. The van der Waals surface area contributed by atoms with Crippen LogP contribution in [0.25, 0.3) is 0 Å². The van der Waals surface area contributed by atoms with Crippen LogP contribution in [0.2, 0.25) is 5.02 Å². The standard InChI is InChI=1S/C17H23ClN2O3/c1-23-15(13-9-5-6-10-14(13)18)11-19-16(21)17(22)20-12-7-3-2-4-8-12/h5-6,9-10,12,15H,2-4,7-8,11H2,1H3,(H,19,21)(H,20,22). The Morgan fingerprint density at radius 1 is 1.22 bits per heavy atom. The summed E-state index contributed by atoms with van der Waals surface area (Å²) >= 11 is 6.13. The second-order valence-corrected chi connectivity index (χ2v) is 6.17. The van der Waals surface area contributed by atoms with Crippen LogP contribution in [0.15, 0.2) is 24.3 Å². The Labute approximate surface area is 141 Å². The van der Waals surface area contributed by atoms with Gasteiger partial charge in [-0.15, -0.1) is 0 Å². The van der Waals surface area contributed by atoms with Crippen molar-refractivity contribution in [2.24, 2.45) is 0 Å². The summed E-state index contributed by atoms with van der Waals surface area (Å²) in [5, 5.41) is 5.98. The molecule has 1 aromatic carbocycles. The highest BCUT2D eigenvalue weighted by Gasteiger charge is 2.22. The van der Waals surface area contributed by atoms with Crippen molar-refractivity contribution < 1.29 is 14.3 Å². The monoisotopic (exact) mass is 338 g/mol. The normalized spacial score (nSPS) is 16.6. The van der Waals surface area contributed by atoms with Crippen molar-refractivity contribution in [3.63, 3.8) is 0 Å². The Kier molecular flexibility index (Phi) is 6.86. The first-order chi connectivity index (χ1) is 11.1. The first-order valence-electron chi connectivity index (χ1n) is 7.97. The van der Waals surface area contributed by atoms with Gasteiger partial charge in [0.15, 0.2) is 0 Å². The highest BCUT2D eigenvalue weighted by molar-refractivity contribution is 6.35. The van der Waals surface area contributed by atoms with E-state index in [1.54, 1.807) is 13.2 Å². The summed E-state index contributed by atoms with van der Waals surface area (Å²) in [4.78, 5) is 23.9. The van der Waals surface area contributed by atoms with Gasteiger partial charge in [0.25, 0.3) is 0 Å². The lowest BCUT2D eigenvalue weighted by Gasteiger charge is -2.22. The van der Waals surface area contributed by atoms with Crippen LogP contribution >= 0.6 is 11.6 Å². The number of benzene rings is 1. The number of hydrogen-bond acceptors (Lipinski definition) is 3. The maximum absolute atomic E-state index is 11.9. The highest BCUT2D eigenvalue weighted by Crippen LogP contribution is 2.24. The van der Waals surface area contributed by atoms with Crippen LogP contribution < -0.4 is 10.6 Å². The van der Waals surface area contributed by atoms with Gasteiger partial charge in [-0.25, -0.2) is 0 Å². The van der Waals surface area contributed by atoms with Crippen molar-refractivity contribution >= 4 is 23.4 Å². The van der Waals surface area contributed by atoms with Crippen molar-refractivity contribution in [3.05, 3.63) is 34.9 Å². The number of halogens is 1. The molecule has 1 aromatic rings. The molecule has 5 nitrogen and oxygen atoms in total. The first-order valence-corrected chi connectivity index (χ1v) is 8.35. The smallest absolute Gasteiger partial charge is 0.309 e. The van der Waals surface area contributed by atoms with Crippen molar-refractivity contribution in [2.75, 3.05) is 13.7 Å². The number of methoxy groups -OCH3 is 1. The van der Waals surface area contributed by atoms with E-state index < -0.39 is 17.9 Å². The minimum absolute atomic E-state index is 0.115. The zero-order valence-corrected chi connectivity index (χ0v) is 14.1. The molecule has 0 bridgehead atoms. The average molecular weight is 339 g/mol. The van der Waals surface area contributed by atoms with E-state index in [0.29, 0.717) is 5.02 Å². The van der Waals surface area contributed by atoms with E-state index in [1.165, 1.54) is 6.42 Å². The Hall–Kier alpha value is -1.59. The van der Waals surface area contributed by atoms with Gasteiger partial charge in [-0.1, -0.05) is 49.1 Å². The fourth-order valence-corrected chi connectivity index (χ4v) is 3.08. The van der Waals surface area contributed by atoms with E-state index in [-0.39, 0.29) is 12.6 Å². The van der Waals surface area contributed by atoms with E-state index in [4.69, 9.17) is 16.3 Å². The maximum atomic E-state index is 11.9. The van der Waals surface area contributed by atoms with Crippen LogP contribution in [0.4, 0.5) is 0 Å². The average Bonchev–Trinajstić information content (AvgIpc) is 2.57. The predicted octanol–water partition coefficient (Wildman–Crippen LogP) is 2.59. The molecular weight excluding hydrogens is 316 g/mol. The number of carbonyl (C=O) groups is 2. The highest BCUT2D eigenvalue weighted by atomic mass is 35.5. The molecule has 0 radical (unpaired) electrons. The molecule has 0 aliphatic heterocycles. The molecule has 0 aromatic heterocycles. The van der Waals surface area contributed by atoms with Crippen molar-refractivity contribution in [3.8, 4) is 0 Å². The number of nitrogens with one attached hydrogen (secondary N) is 2. The Morgan fingerprint density at radius 2 is 1.91 bits per heavy atom. The minimum Gasteiger partial charge on any atom is -0.375 e. The maximum Gasteiger partial charge on any atom is 0.309 e. The van der Waals surface area contributed by atoms with Crippen LogP contribution in [-0.2, 0) is 14.3 Å². The molecule has 0 saturated heterocycles. The first kappa shape index (κ1) is 17.8. The zero-order valence-electron chi connectivity index (χ0n) is 13.3. The van der Waals surface area contributed by atoms with Crippen molar-refractivity contribution in [1.29, 1.82) is 0 Å². The second kappa shape index (κ2) is 8.89. The van der Waals surface area contributed by atoms with Gasteiger partial charge in [0.1, 0.15) is 6.10 Å². The van der Waals surface area contributed by atoms with Crippen molar-refractivity contribution in [2.45, 2.75) is 44.2 Å². The fraction of sp³-hybridized carbons (Fsp3) is 0.529. The van der Waals surface area contributed by atoms with Crippen LogP contribution in [0.1, 0.15) is 43.8 Å². The minimum atomic E-state index is -0.635. The third kappa shape index (κ3) is 5.22. The molecule has 1 fully saturated rings. The topological polar surface area (TPSA) is 67.4 Å². The molecule has 6 heteroatoms. The molecule has 1 aliphatic rings. The summed E-state index contributed by atoms with van der Waals surface area (Å²) < 4.78 is 5.37. The Bertz CT molecular complexity index is 544. The lowest BCUT2D eigenvalue weighted by molar-refractivity contribution is -0.140. The molecular formula is C17H23ClN2O3. The number of carbonyl (C=O) groups excluding carboxylic acids is 2. The Morgan fingerprint density at radius 3 is 2.57 bits per heavy atom. The molecule has 0 spiro atoms. The summed E-state index contributed by atoms with van der Waals surface area (Å²) in [6, 6.07) is 7.40. The molecule has 1 saturated carbocycles. The van der Waals surface area contributed by atoms with Gasteiger partial charge in [0.05, 0.1) is 0 Å². The Balaban J connectivity index is 1.84. The molecule has 0 heterocycles. The second-order valence-electron chi connectivity index (χ2n) is 5.76. The SMILES string of the molecule is COC(CNC(=O)C(=O)NC1CCCCC1)c1ccccc1Cl. The lowest BCUT2D eigenvalue weighted by atomic mass is 9.95. The molecule has 1 unspecified atom stereocenters. The number of amides is 2. The van der Waals surface area contributed by atoms with Crippen LogP contribution in [0, 0.1) is 0 Å². The van der Waals surface area contributed by atoms with Crippen LogP contribution in [0.3, 0.4) is 0 Å². The van der Waals surface area contributed by atoms with Gasteiger partial charge in [-0.2, -0.15) is 0 Å². The fourth-order valence-electron chi connectivity index (χ4n) is 2.82. The quantitative estimate of drug-likeness (QED) is 0.811. The summed E-state index contributed by atoms with van der Waals surface area (Å²) in [7, 11) is 1.54. The largest absolute Gasteiger partial charge is 0.375 e. The van der Waals surface area contributed by atoms with E-state index in [9.17, 15) is 9.59 Å². The summed E-state index contributed by atoms with van der Waals surface area (Å²) in [5.41, 5.74) is 0.782. The van der Waals surface area contributed by atoms with Gasteiger partial charge < -0.3 is 15.4 Å². The number of hydrogen-bond donors (Lipinski definition) is 2. The molecule has 2 amide bonds. The third-order valence-electron chi connectivity index (χ3n) is 4.13. The van der Waals surface area contributed by atoms with Gasteiger partial charge in [0.2, 0.25) is 0 Å². The van der Waals surface area contributed by atoms with Crippen molar-refractivity contribution in [1.82, 2.24) is 10.6 Å². The molecule has 2 rings (SSSR count). The molecule has 1 atom stereocenters. The molecule has 23 heavy (non-hydrogen) atoms. The van der Waals surface area contributed by atoms with Gasteiger partial charge in [-0.05, 0) is 18.9 Å². The summed E-state index contributed by atoms with van der Waals surface area (Å²) in [5.74, 6) is -1.21.